The molecular weight excluding hydrogens is 390 g/mol. The first-order chi connectivity index (χ1) is 12.4. The van der Waals surface area contributed by atoms with Gasteiger partial charge in [0, 0.05) is 18.8 Å². The van der Waals surface area contributed by atoms with Crippen molar-refractivity contribution in [2.24, 2.45) is 5.73 Å². The van der Waals surface area contributed by atoms with Gasteiger partial charge in [-0.25, -0.2) is 8.42 Å². The number of hydrogen-bond donors (Lipinski definition) is 2. The van der Waals surface area contributed by atoms with Gasteiger partial charge in [-0.1, -0.05) is 12.8 Å². The van der Waals surface area contributed by atoms with Crippen molar-refractivity contribution < 1.29 is 17.9 Å². The van der Waals surface area contributed by atoms with E-state index in [0.717, 1.165) is 25.7 Å². The van der Waals surface area contributed by atoms with Crippen LogP contribution < -0.4 is 15.8 Å². The molecule has 1 amide bonds. The van der Waals surface area contributed by atoms with Crippen LogP contribution in [0.3, 0.4) is 0 Å². The van der Waals surface area contributed by atoms with Gasteiger partial charge in [0.15, 0.2) is 0 Å². The molecule has 0 unspecified atom stereocenters. The predicted molar refractivity (Wildman–Crippen MR) is 107 cm³/mol. The summed E-state index contributed by atoms with van der Waals surface area (Å²) >= 11 is 0. The van der Waals surface area contributed by atoms with Crippen molar-refractivity contribution in [3.05, 3.63) is 18.2 Å². The molecule has 1 heterocycles. The Labute approximate surface area is 167 Å². The van der Waals surface area contributed by atoms with E-state index in [2.05, 4.69) is 5.32 Å². The third kappa shape index (κ3) is 4.56. The summed E-state index contributed by atoms with van der Waals surface area (Å²) in [6, 6.07) is 4.74. The minimum absolute atomic E-state index is 0. The molecule has 2 fully saturated rings. The van der Waals surface area contributed by atoms with Crippen molar-refractivity contribution in [3.8, 4) is 5.75 Å². The topological polar surface area (TPSA) is 102 Å². The molecule has 1 aromatic carbocycles. The van der Waals surface area contributed by atoms with Crippen LogP contribution in [0.25, 0.3) is 0 Å². The van der Waals surface area contributed by atoms with Crippen LogP contribution in [-0.4, -0.2) is 43.9 Å². The van der Waals surface area contributed by atoms with Gasteiger partial charge in [0.05, 0.1) is 12.1 Å². The minimum atomic E-state index is -3.66. The van der Waals surface area contributed by atoms with Gasteiger partial charge in [0.1, 0.15) is 10.6 Å². The summed E-state index contributed by atoms with van der Waals surface area (Å²) in [7, 11) is -3.66. The van der Waals surface area contributed by atoms with Crippen LogP contribution >= 0.6 is 12.4 Å². The monoisotopic (exact) mass is 417 g/mol. The maximum atomic E-state index is 13.0. The Morgan fingerprint density at radius 2 is 1.85 bits per heavy atom. The fraction of sp³-hybridized carbons (Fsp3) is 0.611. The van der Waals surface area contributed by atoms with Crippen molar-refractivity contribution in [1.82, 2.24) is 4.31 Å². The predicted octanol–water partition coefficient (Wildman–Crippen LogP) is 2.50. The summed E-state index contributed by atoms with van der Waals surface area (Å²) in [5.74, 6) is 0.0457. The Bertz CT molecular complexity index is 773. The molecule has 2 aliphatic rings. The average molecular weight is 418 g/mol. The highest BCUT2D eigenvalue weighted by atomic mass is 35.5. The molecule has 1 aliphatic carbocycles. The molecule has 3 N–H and O–H groups in total. The second-order valence-electron chi connectivity index (χ2n) is 7.02. The molecule has 152 valence electrons. The van der Waals surface area contributed by atoms with E-state index in [1.165, 1.54) is 10.4 Å². The molecular formula is C18H28ClN3O4S. The van der Waals surface area contributed by atoms with Gasteiger partial charge in [-0.3, -0.25) is 4.79 Å². The number of nitrogens with two attached hydrogens (primary N) is 1. The second kappa shape index (κ2) is 8.77. The van der Waals surface area contributed by atoms with E-state index in [4.69, 9.17) is 10.5 Å². The van der Waals surface area contributed by atoms with Crippen LogP contribution in [0.5, 0.6) is 5.75 Å². The number of nitrogens with zero attached hydrogens (tertiary/aromatic N) is 1. The molecule has 7 nitrogen and oxygen atoms in total. The number of benzene rings is 1. The van der Waals surface area contributed by atoms with Gasteiger partial charge >= 0.3 is 0 Å². The van der Waals surface area contributed by atoms with Gasteiger partial charge in [-0.15, -0.1) is 12.4 Å². The van der Waals surface area contributed by atoms with Crippen LogP contribution in [0.15, 0.2) is 23.1 Å². The van der Waals surface area contributed by atoms with Gasteiger partial charge in [-0.05, 0) is 50.8 Å². The molecule has 1 aliphatic heterocycles. The van der Waals surface area contributed by atoms with Crippen LogP contribution in [0.2, 0.25) is 0 Å². The second-order valence-corrected chi connectivity index (χ2v) is 8.93. The van der Waals surface area contributed by atoms with Gasteiger partial charge in [0.2, 0.25) is 15.9 Å². The van der Waals surface area contributed by atoms with Crippen LogP contribution in [-0.2, 0) is 14.8 Å². The molecule has 0 spiro atoms. The standard InChI is InChI=1S/C18H27N3O4S.ClH/c1-2-25-15-8-7-14(20-17(22)18(19)9-3-4-10-18)13-16(15)26(23,24)21-11-5-6-12-21;/h7-8,13H,2-6,9-12,19H2,1H3,(H,20,22);1H. The summed E-state index contributed by atoms with van der Waals surface area (Å²) in [6.45, 7) is 3.19. The summed E-state index contributed by atoms with van der Waals surface area (Å²) in [5, 5.41) is 2.79. The quantitative estimate of drug-likeness (QED) is 0.740. The van der Waals surface area contributed by atoms with Crippen LogP contribution in [0.1, 0.15) is 45.4 Å². The molecule has 1 saturated heterocycles. The average Bonchev–Trinajstić information content (AvgIpc) is 3.29. The molecule has 0 atom stereocenters. The first kappa shape index (κ1) is 21.9. The number of nitrogens with one attached hydrogen (secondary N) is 1. The minimum Gasteiger partial charge on any atom is -0.492 e. The number of anilines is 1. The fourth-order valence-corrected chi connectivity index (χ4v) is 5.29. The first-order valence-corrected chi connectivity index (χ1v) is 10.7. The van der Waals surface area contributed by atoms with E-state index in [9.17, 15) is 13.2 Å². The van der Waals surface area contributed by atoms with E-state index in [0.29, 0.717) is 44.0 Å². The summed E-state index contributed by atoms with van der Waals surface area (Å²) in [4.78, 5) is 12.6. The van der Waals surface area contributed by atoms with Crippen LogP contribution in [0.4, 0.5) is 5.69 Å². The van der Waals surface area contributed by atoms with E-state index in [1.54, 1.807) is 19.1 Å². The fourth-order valence-electron chi connectivity index (χ4n) is 3.62. The lowest BCUT2D eigenvalue weighted by atomic mass is 9.98. The summed E-state index contributed by atoms with van der Waals surface area (Å²) < 4.78 is 33.0. The van der Waals surface area contributed by atoms with E-state index in [1.807, 2.05) is 0 Å². The molecule has 1 aromatic rings. The third-order valence-electron chi connectivity index (χ3n) is 5.13. The SMILES string of the molecule is CCOc1ccc(NC(=O)C2(N)CCCC2)cc1S(=O)(=O)N1CCCC1.Cl. The Morgan fingerprint density at radius 1 is 1.22 bits per heavy atom. The van der Waals surface area contributed by atoms with Gasteiger partial charge in [-0.2, -0.15) is 4.31 Å². The number of carbonyl (C=O) groups is 1. The Morgan fingerprint density at radius 3 is 2.44 bits per heavy atom. The van der Waals surface area contributed by atoms with E-state index >= 15 is 0 Å². The highest BCUT2D eigenvalue weighted by Gasteiger charge is 2.37. The molecule has 1 saturated carbocycles. The van der Waals surface area contributed by atoms with Gasteiger partial charge < -0.3 is 15.8 Å². The third-order valence-corrected chi connectivity index (χ3v) is 7.05. The molecule has 9 heteroatoms. The highest BCUT2D eigenvalue weighted by Crippen LogP contribution is 2.33. The number of rotatable bonds is 6. The normalized spacial score (nSPS) is 19.5. The zero-order valence-electron chi connectivity index (χ0n) is 15.6. The van der Waals surface area contributed by atoms with Gasteiger partial charge in [0.25, 0.3) is 0 Å². The van der Waals surface area contributed by atoms with Crippen LogP contribution in [0, 0.1) is 0 Å². The van der Waals surface area contributed by atoms with Crippen molar-refractivity contribution in [2.45, 2.75) is 55.9 Å². The number of ether oxygens (including phenoxy) is 1. The van der Waals surface area contributed by atoms with Crippen molar-refractivity contribution in [2.75, 3.05) is 25.0 Å². The maximum Gasteiger partial charge on any atom is 0.246 e. The zero-order valence-corrected chi connectivity index (χ0v) is 17.2. The lowest BCUT2D eigenvalue weighted by Crippen LogP contribution is -2.48. The lowest BCUT2D eigenvalue weighted by molar-refractivity contribution is -0.121. The lowest BCUT2D eigenvalue weighted by Gasteiger charge is -2.23. The Hall–Kier alpha value is -1.35. The number of carbonyl (C=O) groups excluding carboxylic acids is 1. The van der Waals surface area contributed by atoms with E-state index in [-0.39, 0.29) is 23.2 Å². The molecule has 3 rings (SSSR count). The number of amides is 1. The van der Waals surface area contributed by atoms with E-state index < -0.39 is 15.6 Å². The summed E-state index contributed by atoms with van der Waals surface area (Å²) in [5.41, 5.74) is 5.74. The molecule has 0 radical (unpaired) electrons. The van der Waals surface area contributed by atoms with Crippen molar-refractivity contribution >= 4 is 34.0 Å². The van der Waals surface area contributed by atoms with Crippen molar-refractivity contribution in [1.29, 1.82) is 0 Å². The number of hydrogen-bond acceptors (Lipinski definition) is 5. The maximum absolute atomic E-state index is 13.0. The molecule has 27 heavy (non-hydrogen) atoms. The molecule has 0 aromatic heterocycles. The largest absolute Gasteiger partial charge is 0.492 e. The first-order valence-electron chi connectivity index (χ1n) is 9.24. The summed E-state index contributed by atoms with van der Waals surface area (Å²) in [6.07, 6.45) is 4.87. The zero-order chi connectivity index (χ0) is 18.8. The van der Waals surface area contributed by atoms with Crippen molar-refractivity contribution in [3.63, 3.8) is 0 Å². The Kier molecular flexibility index (Phi) is 7.13. The number of halogens is 1. The number of sulfonamides is 1. The molecule has 0 bridgehead atoms. The smallest absolute Gasteiger partial charge is 0.246 e. The highest BCUT2D eigenvalue weighted by molar-refractivity contribution is 7.89. The Balaban J connectivity index is 0.00000261.